The third kappa shape index (κ3) is 1.42. The van der Waals surface area contributed by atoms with Crippen LogP contribution in [-0.4, -0.2) is 17.5 Å². The number of halogens is 1. The minimum Gasteiger partial charge on any atom is -0.872 e. The highest BCUT2D eigenvalue weighted by Gasteiger charge is 2.25. The first-order valence-electron chi connectivity index (χ1n) is 5.48. The summed E-state index contributed by atoms with van der Waals surface area (Å²) in [5, 5.41) is 26.3. The van der Waals surface area contributed by atoms with Crippen molar-refractivity contribution in [3.8, 4) is 11.5 Å². The van der Waals surface area contributed by atoms with Gasteiger partial charge in [-0.2, -0.15) is 0 Å². The van der Waals surface area contributed by atoms with Crippen LogP contribution in [0.1, 0.15) is 11.5 Å². The molecule has 0 amide bonds. The van der Waals surface area contributed by atoms with E-state index in [1.807, 2.05) is 0 Å². The van der Waals surface area contributed by atoms with Crippen molar-refractivity contribution in [3.63, 3.8) is 0 Å². The monoisotopic (exact) mass is 248 g/mol. The second-order valence-electron chi connectivity index (χ2n) is 4.27. The summed E-state index contributed by atoms with van der Waals surface area (Å²) in [5.41, 5.74) is 1.77. The molecular formula is C13H11ClNO2-. The Kier molecular flexibility index (Phi) is 2.30. The first-order chi connectivity index (χ1) is 8.22. The van der Waals surface area contributed by atoms with Crippen LogP contribution in [0, 0.1) is 0 Å². The molecule has 0 bridgehead atoms. The molecule has 2 aromatic rings. The SMILES string of the molecule is [O-]c1cccc2c(O)cc3c(c12)C(CCl)CN3. The lowest BCUT2D eigenvalue weighted by atomic mass is 9.95. The second-order valence-corrected chi connectivity index (χ2v) is 4.58. The molecule has 0 radical (unpaired) electrons. The maximum absolute atomic E-state index is 12.0. The zero-order valence-electron chi connectivity index (χ0n) is 9.03. The zero-order chi connectivity index (χ0) is 12.0. The van der Waals surface area contributed by atoms with E-state index in [0.717, 1.165) is 11.3 Å². The number of hydrogen-bond acceptors (Lipinski definition) is 3. The number of phenols is 1. The van der Waals surface area contributed by atoms with Gasteiger partial charge in [0.1, 0.15) is 5.75 Å². The molecule has 0 fully saturated rings. The molecule has 1 aliphatic heterocycles. The van der Waals surface area contributed by atoms with Crippen molar-refractivity contribution >= 4 is 28.1 Å². The number of rotatable bonds is 1. The van der Waals surface area contributed by atoms with E-state index in [9.17, 15) is 10.2 Å². The molecule has 1 aliphatic rings. The largest absolute Gasteiger partial charge is 0.872 e. The maximum atomic E-state index is 12.0. The highest BCUT2D eigenvalue weighted by atomic mass is 35.5. The average Bonchev–Trinajstić information content (AvgIpc) is 2.72. The predicted octanol–water partition coefficient (Wildman–Crippen LogP) is 2.37. The summed E-state index contributed by atoms with van der Waals surface area (Å²) < 4.78 is 0. The Morgan fingerprint density at radius 1 is 1.47 bits per heavy atom. The summed E-state index contributed by atoms with van der Waals surface area (Å²) in [6, 6.07) is 6.61. The zero-order valence-corrected chi connectivity index (χ0v) is 9.79. The number of alkyl halides is 1. The van der Waals surface area contributed by atoms with Gasteiger partial charge in [-0.15, -0.1) is 17.4 Å². The van der Waals surface area contributed by atoms with Gasteiger partial charge in [0, 0.05) is 35.5 Å². The van der Waals surface area contributed by atoms with Crippen LogP contribution in [0.15, 0.2) is 24.3 Å². The molecule has 1 unspecified atom stereocenters. The average molecular weight is 249 g/mol. The minimum absolute atomic E-state index is 0.0616. The first kappa shape index (κ1) is 10.5. The Morgan fingerprint density at radius 2 is 2.29 bits per heavy atom. The number of nitrogens with one attached hydrogen (secondary N) is 1. The van der Waals surface area contributed by atoms with Crippen molar-refractivity contribution in [2.45, 2.75) is 5.92 Å². The lowest BCUT2D eigenvalue weighted by Crippen LogP contribution is -2.03. The van der Waals surface area contributed by atoms with Crippen LogP contribution in [0.25, 0.3) is 10.8 Å². The third-order valence-corrected chi connectivity index (χ3v) is 3.65. The number of hydrogen-bond donors (Lipinski definition) is 2. The molecule has 4 heteroatoms. The quantitative estimate of drug-likeness (QED) is 0.762. The number of benzene rings is 2. The van der Waals surface area contributed by atoms with E-state index in [-0.39, 0.29) is 17.4 Å². The molecule has 0 aliphatic carbocycles. The fourth-order valence-electron chi connectivity index (χ4n) is 2.49. The van der Waals surface area contributed by atoms with Crippen molar-refractivity contribution < 1.29 is 10.2 Å². The summed E-state index contributed by atoms with van der Waals surface area (Å²) in [7, 11) is 0. The van der Waals surface area contributed by atoms with Crippen LogP contribution in [0.5, 0.6) is 11.5 Å². The topological polar surface area (TPSA) is 55.3 Å². The standard InChI is InChI=1S/C13H12ClNO2/c14-5-7-6-15-9-4-11(17)8-2-1-3-10(16)13(8)12(7)9/h1-4,7,15-17H,5-6H2/p-1. The predicted molar refractivity (Wildman–Crippen MR) is 67.0 cm³/mol. The van der Waals surface area contributed by atoms with Gasteiger partial charge in [-0.25, -0.2) is 0 Å². The normalized spacial score (nSPS) is 18.1. The van der Waals surface area contributed by atoms with Gasteiger partial charge in [0.2, 0.25) is 0 Å². The molecule has 0 spiro atoms. The van der Waals surface area contributed by atoms with Crippen LogP contribution < -0.4 is 10.4 Å². The van der Waals surface area contributed by atoms with Crippen LogP contribution in [0.2, 0.25) is 0 Å². The van der Waals surface area contributed by atoms with Crippen LogP contribution in [-0.2, 0) is 0 Å². The fraction of sp³-hybridized carbons (Fsp3) is 0.231. The molecule has 3 nitrogen and oxygen atoms in total. The molecule has 1 heterocycles. The molecule has 0 aromatic heterocycles. The van der Waals surface area contributed by atoms with E-state index < -0.39 is 0 Å². The van der Waals surface area contributed by atoms with Gasteiger partial charge < -0.3 is 15.5 Å². The second kappa shape index (κ2) is 3.70. The van der Waals surface area contributed by atoms with E-state index in [1.165, 1.54) is 6.07 Å². The van der Waals surface area contributed by atoms with Gasteiger partial charge in [0.05, 0.1) is 0 Å². The van der Waals surface area contributed by atoms with Crippen LogP contribution >= 0.6 is 11.6 Å². The Balaban J connectivity index is 2.43. The van der Waals surface area contributed by atoms with E-state index in [0.29, 0.717) is 23.2 Å². The third-order valence-electron chi connectivity index (χ3n) is 3.28. The van der Waals surface area contributed by atoms with Gasteiger partial charge in [0.25, 0.3) is 0 Å². The van der Waals surface area contributed by atoms with Crippen molar-refractivity contribution in [2.24, 2.45) is 0 Å². The lowest BCUT2D eigenvalue weighted by Gasteiger charge is -2.17. The number of phenolic OH excluding ortho intramolecular Hbond substituents is 1. The van der Waals surface area contributed by atoms with E-state index in [4.69, 9.17) is 11.6 Å². The molecule has 2 aromatic carbocycles. The summed E-state index contributed by atoms with van der Waals surface area (Å²) in [6.07, 6.45) is 0. The first-order valence-corrected chi connectivity index (χ1v) is 6.01. The molecular weight excluding hydrogens is 238 g/mol. The summed E-state index contributed by atoms with van der Waals surface area (Å²) in [4.78, 5) is 0. The van der Waals surface area contributed by atoms with Crippen molar-refractivity contribution in [1.29, 1.82) is 0 Å². The van der Waals surface area contributed by atoms with Crippen LogP contribution in [0.3, 0.4) is 0 Å². The lowest BCUT2D eigenvalue weighted by molar-refractivity contribution is -0.265. The Bertz CT molecular complexity index is 597. The van der Waals surface area contributed by atoms with Gasteiger partial charge >= 0.3 is 0 Å². The summed E-state index contributed by atoms with van der Waals surface area (Å²) >= 11 is 5.92. The number of fused-ring (bicyclic) bond motifs is 3. The number of aromatic hydroxyl groups is 1. The molecule has 1 atom stereocenters. The number of anilines is 1. The van der Waals surface area contributed by atoms with Gasteiger partial charge in [-0.1, -0.05) is 18.2 Å². The highest BCUT2D eigenvalue weighted by molar-refractivity contribution is 6.19. The summed E-state index contributed by atoms with van der Waals surface area (Å²) in [5.74, 6) is 0.673. The highest BCUT2D eigenvalue weighted by Crippen LogP contribution is 2.44. The summed E-state index contributed by atoms with van der Waals surface area (Å²) in [6.45, 7) is 0.714. The Hall–Kier alpha value is -1.61. The van der Waals surface area contributed by atoms with Gasteiger partial charge in [-0.05, 0) is 10.9 Å². The smallest absolute Gasteiger partial charge is 0.125 e. The molecule has 0 saturated carbocycles. The Morgan fingerprint density at radius 3 is 3.06 bits per heavy atom. The molecule has 2 N–H and O–H groups in total. The molecule has 88 valence electrons. The van der Waals surface area contributed by atoms with Crippen molar-refractivity contribution in [2.75, 3.05) is 17.7 Å². The van der Waals surface area contributed by atoms with Crippen molar-refractivity contribution in [1.82, 2.24) is 0 Å². The van der Waals surface area contributed by atoms with Crippen LogP contribution in [0.4, 0.5) is 5.69 Å². The van der Waals surface area contributed by atoms with E-state index >= 15 is 0 Å². The Labute approximate surface area is 104 Å². The van der Waals surface area contributed by atoms with E-state index in [1.54, 1.807) is 18.2 Å². The molecule has 3 rings (SSSR count). The maximum Gasteiger partial charge on any atom is 0.125 e. The van der Waals surface area contributed by atoms with E-state index in [2.05, 4.69) is 5.32 Å². The minimum atomic E-state index is -0.0616. The van der Waals surface area contributed by atoms with Gasteiger partial charge in [0.15, 0.2) is 0 Å². The van der Waals surface area contributed by atoms with Gasteiger partial charge in [-0.3, -0.25) is 0 Å². The molecule has 0 saturated heterocycles. The van der Waals surface area contributed by atoms with Crippen molar-refractivity contribution in [3.05, 3.63) is 29.8 Å². The molecule has 17 heavy (non-hydrogen) atoms. The fourth-order valence-corrected chi connectivity index (χ4v) is 2.75.